The molecule has 168 valence electrons. The topological polar surface area (TPSA) is 51.0 Å². The Morgan fingerprint density at radius 3 is 2.58 bits per heavy atom. The lowest BCUT2D eigenvalue weighted by atomic mass is 9.91. The smallest absolute Gasteiger partial charge is 0.253 e. The molecule has 5 rings (SSSR count). The van der Waals surface area contributed by atoms with E-state index in [4.69, 9.17) is 4.98 Å². The molecule has 4 aromatic rings. The summed E-state index contributed by atoms with van der Waals surface area (Å²) in [4.78, 5) is 24.6. The molecule has 0 bridgehead atoms. The van der Waals surface area contributed by atoms with Crippen molar-refractivity contribution in [2.75, 3.05) is 13.1 Å². The van der Waals surface area contributed by atoms with Crippen molar-refractivity contribution in [1.29, 1.82) is 0 Å². The van der Waals surface area contributed by atoms with Crippen LogP contribution in [0.3, 0.4) is 0 Å². The number of hydrogen-bond donors (Lipinski definition) is 0. The first-order valence-electron chi connectivity index (χ1n) is 11.4. The molecule has 1 atom stereocenters. The van der Waals surface area contributed by atoms with Crippen molar-refractivity contribution >= 4 is 16.9 Å². The summed E-state index contributed by atoms with van der Waals surface area (Å²) in [6.45, 7) is 5.32. The summed E-state index contributed by atoms with van der Waals surface area (Å²) in [7, 11) is 1.98. The second-order valence-corrected chi connectivity index (χ2v) is 8.94. The highest BCUT2D eigenvalue weighted by Crippen LogP contribution is 2.30. The Balaban J connectivity index is 1.39. The number of aryl methyl sites for hydroxylation is 3. The highest BCUT2D eigenvalue weighted by Gasteiger charge is 2.27. The van der Waals surface area contributed by atoms with Gasteiger partial charge < -0.3 is 9.47 Å². The number of imidazole rings is 1. The van der Waals surface area contributed by atoms with Crippen molar-refractivity contribution in [3.63, 3.8) is 0 Å². The van der Waals surface area contributed by atoms with E-state index < -0.39 is 0 Å². The molecule has 1 fully saturated rings. The van der Waals surface area contributed by atoms with Crippen molar-refractivity contribution < 1.29 is 9.18 Å². The fraction of sp³-hybridized carbons (Fsp3) is 0.296. The highest BCUT2D eigenvalue weighted by molar-refractivity contribution is 5.97. The van der Waals surface area contributed by atoms with Gasteiger partial charge in [0.15, 0.2) is 0 Å². The number of benzene rings is 2. The normalized spacial score (nSPS) is 16.4. The zero-order valence-corrected chi connectivity index (χ0v) is 19.2. The van der Waals surface area contributed by atoms with Crippen LogP contribution >= 0.6 is 0 Å². The van der Waals surface area contributed by atoms with Gasteiger partial charge in [-0.25, -0.2) is 9.37 Å². The Hall–Kier alpha value is -3.54. The van der Waals surface area contributed by atoms with Gasteiger partial charge in [-0.3, -0.25) is 9.78 Å². The molecule has 33 heavy (non-hydrogen) atoms. The van der Waals surface area contributed by atoms with E-state index in [9.17, 15) is 9.18 Å². The number of piperidine rings is 1. The van der Waals surface area contributed by atoms with E-state index in [0.29, 0.717) is 12.1 Å². The number of carbonyl (C=O) groups excluding carboxylic acids is 1. The van der Waals surface area contributed by atoms with Gasteiger partial charge in [-0.05, 0) is 80.3 Å². The zero-order valence-electron chi connectivity index (χ0n) is 19.2. The van der Waals surface area contributed by atoms with Gasteiger partial charge in [0.1, 0.15) is 11.6 Å². The van der Waals surface area contributed by atoms with Crippen LogP contribution in [-0.2, 0) is 7.05 Å². The molecule has 0 saturated carbocycles. The molecule has 1 amide bonds. The van der Waals surface area contributed by atoms with Crippen LogP contribution in [0.5, 0.6) is 0 Å². The maximum atomic E-state index is 13.4. The predicted octanol–water partition coefficient (Wildman–Crippen LogP) is 5.41. The Kier molecular flexibility index (Phi) is 5.44. The molecule has 1 aliphatic heterocycles. The third kappa shape index (κ3) is 4.13. The molecule has 3 heterocycles. The quantitative estimate of drug-likeness (QED) is 0.426. The van der Waals surface area contributed by atoms with Crippen LogP contribution in [0, 0.1) is 19.7 Å². The Morgan fingerprint density at radius 2 is 1.79 bits per heavy atom. The fourth-order valence-corrected chi connectivity index (χ4v) is 4.75. The van der Waals surface area contributed by atoms with Crippen molar-refractivity contribution in [3.8, 4) is 11.1 Å². The number of hydrogen-bond acceptors (Lipinski definition) is 3. The van der Waals surface area contributed by atoms with Gasteiger partial charge in [-0.2, -0.15) is 0 Å². The molecule has 0 aliphatic carbocycles. The van der Waals surface area contributed by atoms with Crippen LogP contribution in [-0.4, -0.2) is 38.4 Å². The van der Waals surface area contributed by atoms with E-state index in [-0.39, 0.29) is 17.6 Å². The van der Waals surface area contributed by atoms with Gasteiger partial charge in [-0.1, -0.05) is 12.1 Å². The van der Waals surface area contributed by atoms with Crippen LogP contribution in [0.15, 0.2) is 54.6 Å². The summed E-state index contributed by atoms with van der Waals surface area (Å²) < 4.78 is 15.4. The lowest BCUT2D eigenvalue weighted by Gasteiger charge is -2.33. The number of carbonyl (C=O) groups is 1. The van der Waals surface area contributed by atoms with Crippen molar-refractivity contribution in [2.45, 2.75) is 32.6 Å². The molecule has 1 aliphatic rings. The average molecular weight is 443 g/mol. The molecule has 0 spiro atoms. The van der Waals surface area contributed by atoms with Gasteiger partial charge in [0.25, 0.3) is 5.91 Å². The predicted molar refractivity (Wildman–Crippen MR) is 128 cm³/mol. The first-order chi connectivity index (χ1) is 15.9. The maximum absolute atomic E-state index is 13.4. The van der Waals surface area contributed by atoms with Crippen molar-refractivity contribution in [3.05, 3.63) is 83.2 Å². The molecule has 2 aromatic carbocycles. The van der Waals surface area contributed by atoms with Gasteiger partial charge in [0.2, 0.25) is 0 Å². The lowest BCUT2D eigenvalue weighted by molar-refractivity contribution is 0.0706. The molecule has 0 N–H and O–H groups in total. The first-order valence-corrected chi connectivity index (χ1v) is 11.4. The average Bonchev–Trinajstić information content (AvgIpc) is 3.11. The molecule has 1 saturated heterocycles. The summed E-state index contributed by atoms with van der Waals surface area (Å²) in [5.74, 6) is 0.888. The number of fused-ring (bicyclic) bond motifs is 1. The number of nitrogens with zero attached hydrogens (tertiary/aromatic N) is 4. The molecule has 1 unspecified atom stereocenters. The molecule has 0 radical (unpaired) electrons. The van der Waals surface area contributed by atoms with E-state index in [1.165, 1.54) is 12.1 Å². The minimum Gasteiger partial charge on any atom is -0.338 e. The lowest BCUT2D eigenvalue weighted by Crippen LogP contribution is -2.39. The number of likely N-dealkylation sites (tertiary alicyclic amines) is 1. The van der Waals surface area contributed by atoms with Gasteiger partial charge in [0, 0.05) is 43.0 Å². The highest BCUT2D eigenvalue weighted by atomic mass is 19.1. The molecule has 2 aromatic heterocycles. The summed E-state index contributed by atoms with van der Waals surface area (Å²) in [5.41, 5.74) is 6.44. The van der Waals surface area contributed by atoms with Crippen LogP contribution in [0.4, 0.5) is 4.39 Å². The molecule has 6 heteroatoms. The van der Waals surface area contributed by atoms with Crippen LogP contribution in [0.1, 0.15) is 46.3 Å². The molecular weight excluding hydrogens is 415 g/mol. The maximum Gasteiger partial charge on any atom is 0.253 e. The van der Waals surface area contributed by atoms with Crippen molar-refractivity contribution in [1.82, 2.24) is 19.4 Å². The Morgan fingerprint density at radius 1 is 1.00 bits per heavy atom. The Labute approximate surface area is 192 Å². The summed E-state index contributed by atoms with van der Waals surface area (Å²) in [5, 5.41) is 0. The zero-order chi connectivity index (χ0) is 23.1. The van der Waals surface area contributed by atoms with E-state index in [1.807, 2.05) is 54.6 Å². The summed E-state index contributed by atoms with van der Waals surface area (Å²) >= 11 is 0. The number of halogens is 1. The first kappa shape index (κ1) is 21.3. The number of rotatable bonds is 3. The summed E-state index contributed by atoms with van der Waals surface area (Å²) in [6.07, 6.45) is 1.92. The third-order valence-electron chi connectivity index (χ3n) is 6.63. The van der Waals surface area contributed by atoms with E-state index in [0.717, 1.165) is 58.8 Å². The van der Waals surface area contributed by atoms with E-state index >= 15 is 0 Å². The minimum absolute atomic E-state index is 0.0383. The van der Waals surface area contributed by atoms with Crippen LogP contribution < -0.4 is 0 Å². The molecular formula is C27H27FN4O. The number of pyridine rings is 1. The van der Waals surface area contributed by atoms with Gasteiger partial charge >= 0.3 is 0 Å². The minimum atomic E-state index is -0.245. The standard InChI is InChI=1S/C27H27FN4O/c1-17-13-22(19-6-9-23(28)10-7-19)15-24(29-17)21-5-4-12-32(16-21)27(33)20-8-11-26-25(14-20)30-18(2)31(26)3/h6-11,13-15,21H,4-5,12,16H2,1-3H3. The van der Waals surface area contributed by atoms with Crippen LogP contribution in [0.2, 0.25) is 0 Å². The number of aromatic nitrogens is 3. The van der Waals surface area contributed by atoms with E-state index in [1.54, 1.807) is 12.1 Å². The second kappa shape index (κ2) is 8.43. The summed E-state index contributed by atoms with van der Waals surface area (Å²) in [6, 6.07) is 16.4. The van der Waals surface area contributed by atoms with E-state index in [2.05, 4.69) is 11.1 Å². The SMILES string of the molecule is Cc1cc(-c2ccc(F)cc2)cc(C2CCCN(C(=O)c3ccc4c(c3)nc(C)n4C)C2)n1. The van der Waals surface area contributed by atoms with Crippen molar-refractivity contribution in [2.24, 2.45) is 7.05 Å². The largest absolute Gasteiger partial charge is 0.338 e. The van der Waals surface area contributed by atoms with Gasteiger partial charge in [0.05, 0.1) is 11.0 Å². The monoisotopic (exact) mass is 442 g/mol. The fourth-order valence-electron chi connectivity index (χ4n) is 4.75. The number of amides is 1. The second-order valence-electron chi connectivity index (χ2n) is 8.94. The van der Waals surface area contributed by atoms with Gasteiger partial charge in [-0.15, -0.1) is 0 Å². The Bertz CT molecular complexity index is 1340. The van der Waals surface area contributed by atoms with Crippen LogP contribution in [0.25, 0.3) is 22.2 Å². The molecule has 5 nitrogen and oxygen atoms in total. The third-order valence-corrected chi connectivity index (χ3v) is 6.63.